The van der Waals surface area contributed by atoms with Gasteiger partial charge in [-0.25, -0.2) is 13.2 Å². The SMILES string of the molecule is COC(=O)C1Cc2ccccc2N1C(=O)/C=C/c1ccc(S(=O)(=O)N2CCCCCC2)cc1. The summed E-state index contributed by atoms with van der Waals surface area (Å²) in [7, 11) is -2.21. The lowest BCUT2D eigenvalue weighted by atomic mass is 10.1. The van der Waals surface area contributed by atoms with Gasteiger partial charge in [0.05, 0.1) is 12.0 Å². The lowest BCUT2D eigenvalue weighted by Gasteiger charge is -2.22. The van der Waals surface area contributed by atoms with Crippen LogP contribution in [0.3, 0.4) is 0 Å². The van der Waals surface area contributed by atoms with Crippen LogP contribution in [-0.2, 0) is 30.8 Å². The highest BCUT2D eigenvalue weighted by atomic mass is 32.2. The van der Waals surface area contributed by atoms with Gasteiger partial charge in [0.15, 0.2) is 0 Å². The zero-order valence-electron chi connectivity index (χ0n) is 18.6. The molecule has 0 aromatic heterocycles. The number of para-hydroxylation sites is 1. The molecule has 0 saturated carbocycles. The molecule has 4 rings (SSSR count). The molecule has 0 aliphatic carbocycles. The Balaban J connectivity index is 1.51. The van der Waals surface area contributed by atoms with Gasteiger partial charge in [0.25, 0.3) is 5.91 Å². The summed E-state index contributed by atoms with van der Waals surface area (Å²) in [4.78, 5) is 27.0. The van der Waals surface area contributed by atoms with Gasteiger partial charge in [-0.15, -0.1) is 0 Å². The van der Waals surface area contributed by atoms with Crippen molar-refractivity contribution in [2.45, 2.75) is 43.0 Å². The molecule has 33 heavy (non-hydrogen) atoms. The van der Waals surface area contributed by atoms with Crippen LogP contribution in [-0.4, -0.2) is 50.8 Å². The average molecular weight is 469 g/mol. The Hall–Kier alpha value is -2.97. The van der Waals surface area contributed by atoms with Crippen LogP contribution in [0.15, 0.2) is 59.5 Å². The van der Waals surface area contributed by atoms with E-state index >= 15 is 0 Å². The van der Waals surface area contributed by atoms with E-state index in [4.69, 9.17) is 4.74 Å². The number of rotatable bonds is 5. The summed E-state index contributed by atoms with van der Waals surface area (Å²) in [5, 5.41) is 0. The number of carbonyl (C=O) groups is 2. The Morgan fingerprint density at radius 2 is 1.64 bits per heavy atom. The average Bonchev–Trinajstić information content (AvgIpc) is 3.00. The Kier molecular flexibility index (Phi) is 6.95. The van der Waals surface area contributed by atoms with E-state index in [0.717, 1.165) is 31.2 Å². The van der Waals surface area contributed by atoms with Crippen molar-refractivity contribution in [3.05, 3.63) is 65.7 Å². The number of ether oxygens (including phenoxy) is 1. The van der Waals surface area contributed by atoms with Crippen LogP contribution < -0.4 is 4.90 Å². The highest BCUT2D eigenvalue weighted by Crippen LogP contribution is 2.33. The van der Waals surface area contributed by atoms with Crippen molar-refractivity contribution in [2.75, 3.05) is 25.1 Å². The monoisotopic (exact) mass is 468 g/mol. The maximum atomic E-state index is 13.0. The zero-order valence-corrected chi connectivity index (χ0v) is 19.5. The third-order valence-electron chi connectivity index (χ3n) is 6.19. The first-order valence-electron chi connectivity index (χ1n) is 11.2. The molecule has 0 N–H and O–H groups in total. The van der Waals surface area contributed by atoms with Crippen LogP contribution in [0.1, 0.15) is 36.8 Å². The van der Waals surface area contributed by atoms with Crippen molar-refractivity contribution >= 4 is 33.7 Å². The van der Waals surface area contributed by atoms with Gasteiger partial charge in [-0.05, 0) is 48.2 Å². The van der Waals surface area contributed by atoms with Crippen LogP contribution in [0, 0.1) is 0 Å². The number of methoxy groups -OCH3 is 1. The quantitative estimate of drug-likeness (QED) is 0.496. The molecule has 8 heteroatoms. The van der Waals surface area contributed by atoms with E-state index in [2.05, 4.69) is 0 Å². The molecular formula is C25H28N2O5S. The van der Waals surface area contributed by atoms with Gasteiger partial charge >= 0.3 is 5.97 Å². The number of hydrogen-bond donors (Lipinski definition) is 0. The lowest BCUT2D eigenvalue weighted by Crippen LogP contribution is -2.42. The minimum Gasteiger partial charge on any atom is -0.467 e. The number of hydrogen-bond acceptors (Lipinski definition) is 5. The number of benzene rings is 2. The number of nitrogens with zero attached hydrogens (tertiary/aromatic N) is 2. The third-order valence-corrected chi connectivity index (χ3v) is 8.10. The van der Waals surface area contributed by atoms with Crippen LogP contribution in [0.4, 0.5) is 5.69 Å². The predicted molar refractivity (Wildman–Crippen MR) is 126 cm³/mol. The van der Waals surface area contributed by atoms with Crippen molar-refractivity contribution in [2.24, 2.45) is 0 Å². The van der Waals surface area contributed by atoms with E-state index in [-0.39, 0.29) is 10.8 Å². The minimum atomic E-state index is -3.52. The second-order valence-corrected chi connectivity index (χ2v) is 10.2. The molecule has 2 aliphatic rings. The molecule has 174 valence electrons. The van der Waals surface area contributed by atoms with Gasteiger partial charge < -0.3 is 4.74 Å². The fourth-order valence-corrected chi connectivity index (χ4v) is 5.93. The first-order chi connectivity index (χ1) is 15.9. The van der Waals surface area contributed by atoms with Crippen molar-refractivity contribution in [1.29, 1.82) is 0 Å². The number of anilines is 1. The molecule has 7 nitrogen and oxygen atoms in total. The lowest BCUT2D eigenvalue weighted by molar-refractivity contribution is -0.143. The highest BCUT2D eigenvalue weighted by Gasteiger charge is 2.38. The van der Waals surface area contributed by atoms with Gasteiger partial charge in [0.1, 0.15) is 6.04 Å². The maximum absolute atomic E-state index is 13.0. The van der Waals surface area contributed by atoms with Crippen molar-refractivity contribution in [3.8, 4) is 0 Å². The van der Waals surface area contributed by atoms with Crippen LogP contribution in [0.2, 0.25) is 0 Å². The summed E-state index contributed by atoms with van der Waals surface area (Å²) in [5.41, 5.74) is 2.31. The first kappa shape index (κ1) is 23.2. The minimum absolute atomic E-state index is 0.257. The Morgan fingerprint density at radius 1 is 0.970 bits per heavy atom. The Bertz CT molecular complexity index is 1150. The molecule has 2 aromatic carbocycles. The predicted octanol–water partition coefficient (Wildman–Crippen LogP) is 3.40. The number of amides is 1. The fourth-order valence-electron chi connectivity index (χ4n) is 4.41. The molecule has 1 amide bonds. The molecule has 1 unspecified atom stereocenters. The van der Waals surface area contributed by atoms with Crippen LogP contribution in [0.25, 0.3) is 6.08 Å². The standard InChI is InChI=1S/C25H28N2O5S/c1-32-25(29)23-18-20-8-4-5-9-22(20)27(23)24(28)15-12-19-10-13-21(14-11-19)33(30,31)26-16-6-2-3-7-17-26/h4-5,8-15,23H,2-3,6-7,16-18H2,1H3/b15-12+. The van der Waals surface area contributed by atoms with Crippen molar-refractivity contribution < 1.29 is 22.7 Å². The summed E-state index contributed by atoms with van der Waals surface area (Å²) >= 11 is 0. The van der Waals surface area contributed by atoms with Crippen molar-refractivity contribution in [1.82, 2.24) is 4.31 Å². The molecule has 1 fully saturated rings. The zero-order chi connectivity index (χ0) is 23.4. The van der Waals surface area contributed by atoms with E-state index in [1.165, 1.54) is 18.1 Å². The Morgan fingerprint density at radius 3 is 2.30 bits per heavy atom. The fraction of sp³-hybridized carbons (Fsp3) is 0.360. The topological polar surface area (TPSA) is 84.0 Å². The molecule has 1 saturated heterocycles. The van der Waals surface area contributed by atoms with Gasteiger partial charge in [-0.3, -0.25) is 9.69 Å². The molecule has 2 heterocycles. The number of sulfonamides is 1. The van der Waals surface area contributed by atoms with Gasteiger partial charge in [0.2, 0.25) is 10.0 Å². The summed E-state index contributed by atoms with van der Waals surface area (Å²) in [5.74, 6) is -0.798. The second-order valence-electron chi connectivity index (χ2n) is 8.30. The summed E-state index contributed by atoms with van der Waals surface area (Å²) < 4.78 is 32.3. The number of esters is 1. The number of carbonyl (C=O) groups excluding carboxylic acids is 2. The second kappa shape index (κ2) is 9.89. The van der Waals surface area contributed by atoms with Gasteiger partial charge in [-0.2, -0.15) is 4.31 Å². The van der Waals surface area contributed by atoms with E-state index in [1.54, 1.807) is 34.6 Å². The smallest absolute Gasteiger partial charge is 0.329 e. The van der Waals surface area contributed by atoms with Gasteiger partial charge in [0, 0.05) is 31.3 Å². The molecule has 0 spiro atoms. The number of fused-ring (bicyclic) bond motifs is 1. The highest BCUT2D eigenvalue weighted by molar-refractivity contribution is 7.89. The molecule has 0 radical (unpaired) electrons. The molecule has 2 aromatic rings. The Labute approximate surface area is 194 Å². The van der Waals surface area contributed by atoms with Gasteiger partial charge in [-0.1, -0.05) is 43.2 Å². The summed E-state index contributed by atoms with van der Waals surface area (Å²) in [6.07, 6.45) is 7.31. The summed E-state index contributed by atoms with van der Waals surface area (Å²) in [6.45, 7) is 1.11. The van der Waals surface area contributed by atoms with Crippen molar-refractivity contribution in [3.63, 3.8) is 0 Å². The van der Waals surface area contributed by atoms with Crippen LogP contribution in [0.5, 0.6) is 0 Å². The summed E-state index contributed by atoms with van der Waals surface area (Å²) in [6, 6.07) is 13.2. The van der Waals surface area contributed by atoms with E-state index < -0.39 is 22.0 Å². The molecular weight excluding hydrogens is 440 g/mol. The largest absolute Gasteiger partial charge is 0.467 e. The molecule has 0 bridgehead atoms. The first-order valence-corrected chi connectivity index (χ1v) is 12.6. The maximum Gasteiger partial charge on any atom is 0.329 e. The van der Waals surface area contributed by atoms with E-state index in [0.29, 0.717) is 30.8 Å². The van der Waals surface area contributed by atoms with E-state index in [9.17, 15) is 18.0 Å². The molecule has 1 atom stereocenters. The normalized spacial score (nSPS) is 19.3. The van der Waals surface area contributed by atoms with Crippen LogP contribution >= 0.6 is 0 Å². The van der Waals surface area contributed by atoms with E-state index in [1.807, 2.05) is 24.3 Å². The third kappa shape index (κ3) is 4.86. The molecule has 2 aliphatic heterocycles.